The summed E-state index contributed by atoms with van der Waals surface area (Å²) >= 11 is 0. The molecular formula is C25H30N4O5S. The number of benzene rings is 2. The van der Waals surface area contributed by atoms with Crippen molar-refractivity contribution < 1.29 is 13.2 Å². The molecule has 3 rings (SSSR count). The lowest BCUT2D eigenvalue weighted by molar-refractivity contribution is -0.118. The van der Waals surface area contributed by atoms with Crippen molar-refractivity contribution >= 4 is 27.2 Å². The maximum atomic E-state index is 13.4. The topological polar surface area (TPSA) is 135 Å². The average Bonchev–Trinajstić information content (AvgIpc) is 2.82. The van der Waals surface area contributed by atoms with Gasteiger partial charge in [0.1, 0.15) is 5.82 Å². The van der Waals surface area contributed by atoms with Crippen molar-refractivity contribution in [1.29, 1.82) is 0 Å². The summed E-state index contributed by atoms with van der Waals surface area (Å²) in [5.74, 6) is -1.16. The first-order chi connectivity index (χ1) is 16.6. The number of H-pyrrole nitrogens is 1. The quantitative estimate of drug-likeness (QED) is 0.441. The molecule has 0 fully saturated rings. The molecule has 1 heterocycles. The molecule has 3 aromatic rings. The second-order valence-electron chi connectivity index (χ2n) is 8.35. The van der Waals surface area contributed by atoms with Crippen molar-refractivity contribution in [3.05, 3.63) is 86.6 Å². The fraction of sp³-hybridized carbons (Fsp3) is 0.320. The fourth-order valence-electron chi connectivity index (χ4n) is 3.65. The molecule has 0 aliphatic heterocycles. The third kappa shape index (κ3) is 6.27. The number of nitrogens with two attached hydrogens (primary N) is 1. The smallest absolute Gasteiger partial charge is 0.330 e. The number of nitrogen functional groups attached to an aromatic ring is 1. The zero-order chi connectivity index (χ0) is 25.6. The lowest BCUT2D eigenvalue weighted by Gasteiger charge is -2.25. The molecule has 1 amide bonds. The molecule has 9 nitrogen and oxygen atoms in total. The number of aromatic amines is 1. The molecule has 35 heavy (non-hydrogen) atoms. The Labute approximate surface area is 204 Å². The maximum absolute atomic E-state index is 13.4. The van der Waals surface area contributed by atoms with Gasteiger partial charge in [0.05, 0.1) is 17.2 Å². The predicted octanol–water partition coefficient (Wildman–Crippen LogP) is 2.62. The molecule has 0 atom stereocenters. The van der Waals surface area contributed by atoms with Crippen LogP contribution >= 0.6 is 0 Å². The van der Waals surface area contributed by atoms with E-state index < -0.39 is 32.7 Å². The SMILES string of the molecule is CCCCn1c(N)c(N(Cc2ccccc2)C(=O)CCS(=O)(=O)c2ccc(C)cc2)c(=O)[nH]c1=O. The number of rotatable bonds is 10. The highest BCUT2D eigenvalue weighted by atomic mass is 32.2. The van der Waals surface area contributed by atoms with Gasteiger partial charge in [0.2, 0.25) is 5.91 Å². The summed E-state index contributed by atoms with van der Waals surface area (Å²) < 4.78 is 26.8. The number of anilines is 2. The standard InChI is InChI=1S/C25H30N4O5S/c1-3-4-15-28-23(26)22(24(31)27-25(28)32)29(17-19-8-6-5-7-9-19)21(30)14-16-35(33,34)20-12-10-18(2)11-13-20/h5-13H,3-4,14-17,26H2,1-2H3,(H,27,31,32). The van der Waals surface area contributed by atoms with Crippen molar-refractivity contribution in [3.8, 4) is 0 Å². The number of unbranched alkanes of at least 4 members (excludes halogenated alkanes) is 1. The molecule has 3 N–H and O–H groups in total. The van der Waals surface area contributed by atoms with Crippen LogP contribution in [0.25, 0.3) is 0 Å². The molecule has 0 spiro atoms. The van der Waals surface area contributed by atoms with E-state index in [9.17, 15) is 22.8 Å². The molecule has 186 valence electrons. The van der Waals surface area contributed by atoms with Gasteiger partial charge in [0.15, 0.2) is 15.5 Å². The van der Waals surface area contributed by atoms with E-state index in [0.29, 0.717) is 12.0 Å². The predicted molar refractivity (Wildman–Crippen MR) is 136 cm³/mol. The van der Waals surface area contributed by atoms with E-state index in [4.69, 9.17) is 5.73 Å². The second kappa shape index (κ2) is 11.2. The third-order valence-corrected chi connectivity index (χ3v) is 7.40. The molecule has 0 saturated carbocycles. The molecule has 2 aromatic carbocycles. The van der Waals surface area contributed by atoms with E-state index in [1.165, 1.54) is 16.7 Å². The van der Waals surface area contributed by atoms with Gasteiger partial charge in [0, 0.05) is 13.0 Å². The van der Waals surface area contributed by atoms with Crippen LogP contribution in [0.15, 0.2) is 69.1 Å². The number of sulfone groups is 1. The van der Waals surface area contributed by atoms with Gasteiger partial charge in [-0.2, -0.15) is 0 Å². The molecule has 0 aliphatic carbocycles. The minimum atomic E-state index is -3.73. The fourth-order valence-corrected chi connectivity index (χ4v) is 4.88. The van der Waals surface area contributed by atoms with Crippen molar-refractivity contribution in [3.63, 3.8) is 0 Å². The van der Waals surface area contributed by atoms with Crippen molar-refractivity contribution in [2.75, 3.05) is 16.4 Å². The highest BCUT2D eigenvalue weighted by Crippen LogP contribution is 2.22. The van der Waals surface area contributed by atoms with E-state index in [0.717, 1.165) is 16.9 Å². The highest BCUT2D eigenvalue weighted by molar-refractivity contribution is 7.91. The van der Waals surface area contributed by atoms with Crippen LogP contribution in [0.4, 0.5) is 11.5 Å². The van der Waals surface area contributed by atoms with Gasteiger partial charge in [-0.3, -0.25) is 19.1 Å². The lowest BCUT2D eigenvalue weighted by atomic mass is 10.2. The Morgan fingerprint density at radius 2 is 1.71 bits per heavy atom. The van der Waals surface area contributed by atoms with Crippen LogP contribution in [0.1, 0.15) is 37.3 Å². The molecule has 10 heteroatoms. The number of aromatic nitrogens is 2. The Balaban J connectivity index is 1.98. The van der Waals surface area contributed by atoms with Crippen LogP contribution in [0.2, 0.25) is 0 Å². The maximum Gasteiger partial charge on any atom is 0.330 e. The zero-order valence-electron chi connectivity index (χ0n) is 19.9. The Morgan fingerprint density at radius 3 is 2.34 bits per heavy atom. The van der Waals surface area contributed by atoms with Crippen molar-refractivity contribution in [2.24, 2.45) is 0 Å². The van der Waals surface area contributed by atoms with Gasteiger partial charge >= 0.3 is 5.69 Å². The normalized spacial score (nSPS) is 11.4. The van der Waals surface area contributed by atoms with Gasteiger partial charge in [-0.25, -0.2) is 13.2 Å². The monoisotopic (exact) mass is 498 g/mol. The van der Waals surface area contributed by atoms with Crippen LogP contribution in [0.3, 0.4) is 0 Å². The number of hydrogen-bond donors (Lipinski definition) is 2. The minimum Gasteiger partial charge on any atom is -0.383 e. The molecule has 0 unspecified atom stereocenters. The van der Waals surface area contributed by atoms with E-state index in [1.54, 1.807) is 36.4 Å². The first-order valence-corrected chi connectivity index (χ1v) is 13.1. The van der Waals surface area contributed by atoms with E-state index in [2.05, 4.69) is 4.98 Å². The van der Waals surface area contributed by atoms with Crippen LogP contribution in [-0.2, 0) is 27.7 Å². The van der Waals surface area contributed by atoms with Crippen molar-refractivity contribution in [2.45, 2.75) is 51.1 Å². The lowest BCUT2D eigenvalue weighted by Crippen LogP contribution is -2.41. The summed E-state index contributed by atoms with van der Waals surface area (Å²) in [5, 5.41) is 0. The van der Waals surface area contributed by atoms with E-state index in [-0.39, 0.29) is 35.9 Å². The number of hydrogen-bond acceptors (Lipinski definition) is 6. The number of carbonyl (C=O) groups excluding carboxylic acids is 1. The summed E-state index contributed by atoms with van der Waals surface area (Å²) in [7, 11) is -3.73. The van der Waals surface area contributed by atoms with E-state index >= 15 is 0 Å². The molecule has 0 saturated heterocycles. The Hall–Kier alpha value is -3.66. The van der Waals surface area contributed by atoms with Crippen LogP contribution in [-0.4, -0.2) is 29.6 Å². The largest absolute Gasteiger partial charge is 0.383 e. The van der Waals surface area contributed by atoms with Crippen LogP contribution < -0.4 is 21.9 Å². The zero-order valence-corrected chi connectivity index (χ0v) is 20.7. The van der Waals surface area contributed by atoms with Crippen LogP contribution in [0.5, 0.6) is 0 Å². The summed E-state index contributed by atoms with van der Waals surface area (Å²) in [5.41, 5.74) is 6.25. The average molecular weight is 499 g/mol. The molecule has 0 radical (unpaired) electrons. The molecule has 0 bridgehead atoms. The van der Waals surface area contributed by atoms with Gasteiger partial charge in [0.25, 0.3) is 5.56 Å². The summed E-state index contributed by atoms with van der Waals surface area (Å²) in [6.45, 7) is 4.07. The van der Waals surface area contributed by atoms with Crippen molar-refractivity contribution in [1.82, 2.24) is 9.55 Å². The summed E-state index contributed by atoms with van der Waals surface area (Å²) in [6.07, 6.45) is 1.08. The molecular weight excluding hydrogens is 468 g/mol. The van der Waals surface area contributed by atoms with Gasteiger partial charge in [-0.15, -0.1) is 0 Å². The Bertz CT molecular complexity index is 1390. The minimum absolute atomic E-state index is 0.0104. The van der Waals surface area contributed by atoms with Gasteiger partial charge in [-0.1, -0.05) is 61.4 Å². The highest BCUT2D eigenvalue weighted by Gasteiger charge is 2.26. The number of aryl methyl sites for hydroxylation is 1. The van der Waals surface area contributed by atoms with Crippen LogP contribution in [0, 0.1) is 6.92 Å². The number of carbonyl (C=O) groups is 1. The Morgan fingerprint density at radius 1 is 1.06 bits per heavy atom. The molecule has 1 aromatic heterocycles. The summed E-state index contributed by atoms with van der Waals surface area (Å²) in [6, 6.07) is 15.3. The van der Waals surface area contributed by atoms with E-state index in [1.807, 2.05) is 19.9 Å². The first-order valence-electron chi connectivity index (χ1n) is 11.4. The first kappa shape index (κ1) is 26.0. The number of nitrogens with one attached hydrogen (secondary N) is 1. The number of nitrogens with zero attached hydrogens (tertiary/aromatic N) is 2. The van der Waals surface area contributed by atoms with Gasteiger partial charge < -0.3 is 10.6 Å². The van der Waals surface area contributed by atoms with Gasteiger partial charge in [-0.05, 0) is 31.0 Å². The third-order valence-electron chi connectivity index (χ3n) is 5.67. The Kier molecular flexibility index (Phi) is 8.29. The second-order valence-corrected chi connectivity index (χ2v) is 10.5. The summed E-state index contributed by atoms with van der Waals surface area (Å²) in [4.78, 5) is 42.1. The number of amides is 1. The molecule has 0 aliphatic rings.